The van der Waals surface area contributed by atoms with Crippen molar-refractivity contribution in [2.45, 2.75) is 64.7 Å². The van der Waals surface area contributed by atoms with Crippen molar-refractivity contribution in [1.82, 2.24) is 20.9 Å². The van der Waals surface area contributed by atoms with Gasteiger partial charge in [0.2, 0.25) is 11.8 Å². The number of nitrogens with zero attached hydrogens (tertiary/aromatic N) is 1. The quantitative estimate of drug-likeness (QED) is 0.378. The average molecular weight is 561 g/mol. The monoisotopic (exact) mass is 560 g/mol. The average Bonchev–Trinajstić information content (AvgIpc) is 3.39. The number of ketones is 1. The summed E-state index contributed by atoms with van der Waals surface area (Å²) in [5.74, 6) is -4.34. The van der Waals surface area contributed by atoms with E-state index in [1.807, 2.05) is 0 Å². The number of hydrogen-bond acceptors (Lipinski definition) is 7. The van der Waals surface area contributed by atoms with Crippen LogP contribution in [0.5, 0.6) is 0 Å². The van der Waals surface area contributed by atoms with Gasteiger partial charge in [-0.1, -0.05) is 20.8 Å². The van der Waals surface area contributed by atoms with Crippen molar-refractivity contribution >= 4 is 34.8 Å². The van der Waals surface area contributed by atoms with Crippen molar-refractivity contribution in [3.8, 4) is 0 Å². The molecule has 16 heteroatoms. The molecule has 0 saturated carbocycles. The molecule has 3 N–H and O–H groups in total. The highest BCUT2D eigenvalue weighted by Crippen LogP contribution is 2.32. The van der Waals surface area contributed by atoms with Crippen LogP contribution in [0.15, 0.2) is 6.20 Å². The Kier molecular flexibility index (Phi) is 9.68. The fraction of sp³-hybridized carbons (Fsp3) is 0.667. The number of aromatic nitrogens is 1. The summed E-state index contributed by atoms with van der Waals surface area (Å²) in [6.45, 7) is 3.98. The van der Waals surface area contributed by atoms with Gasteiger partial charge in [0.25, 0.3) is 5.91 Å². The first-order valence-corrected chi connectivity index (χ1v) is 11.8. The zero-order chi connectivity index (χ0) is 28.2. The van der Waals surface area contributed by atoms with E-state index < -0.39 is 76.0 Å². The van der Waals surface area contributed by atoms with Crippen molar-refractivity contribution in [1.29, 1.82) is 0 Å². The lowest BCUT2D eigenvalue weighted by atomic mass is 9.87. The van der Waals surface area contributed by atoms with Crippen molar-refractivity contribution in [2.75, 3.05) is 13.2 Å². The minimum Gasteiger partial charge on any atom is -0.356 e. The summed E-state index contributed by atoms with van der Waals surface area (Å²) in [6.07, 6.45) is -9.25. The van der Waals surface area contributed by atoms with Gasteiger partial charge in [0.15, 0.2) is 10.8 Å². The molecule has 1 aliphatic heterocycles. The number of hydrogen-bond donors (Lipinski definition) is 3. The Labute approximate surface area is 211 Å². The van der Waals surface area contributed by atoms with Crippen molar-refractivity contribution in [2.24, 2.45) is 11.3 Å². The second-order valence-corrected chi connectivity index (χ2v) is 10.6. The molecule has 0 radical (unpaired) electrons. The molecule has 0 spiro atoms. The summed E-state index contributed by atoms with van der Waals surface area (Å²) in [4.78, 5) is 52.8. The Morgan fingerprint density at radius 2 is 1.78 bits per heavy atom. The molecule has 1 saturated heterocycles. The molecule has 3 atom stereocenters. The molecular weight excluding hydrogens is 534 g/mol. The van der Waals surface area contributed by atoms with Gasteiger partial charge >= 0.3 is 12.5 Å². The largest absolute Gasteiger partial charge is 0.522 e. The fourth-order valence-corrected chi connectivity index (χ4v) is 4.20. The molecule has 2 heterocycles. The minimum atomic E-state index is -5.11. The molecule has 0 bridgehead atoms. The summed E-state index contributed by atoms with van der Waals surface area (Å²) < 4.78 is 79.5. The fourth-order valence-electron chi connectivity index (χ4n) is 3.51. The van der Waals surface area contributed by atoms with E-state index in [2.05, 4.69) is 25.7 Å². The van der Waals surface area contributed by atoms with Gasteiger partial charge in [-0.3, -0.25) is 23.9 Å². The minimum absolute atomic E-state index is 0.0423. The second-order valence-electron chi connectivity index (χ2n) is 9.59. The van der Waals surface area contributed by atoms with E-state index in [-0.39, 0.29) is 37.1 Å². The first kappa shape index (κ1) is 30.5. The number of ether oxygens (including phenoxy) is 1. The van der Waals surface area contributed by atoms with Crippen LogP contribution in [-0.2, 0) is 25.3 Å². The molecule has 1 aliphatic rings. The lowest BCUT2D eigenvalue weighted by Crippen LogP contribution is -2.53. The van der Waals surface area contributed by atoms with E-state index >= 15 is 0 Å². The van der Waals surface area contributed by atoms with Crippen LogP contribution >= 0.6 is 11.3 Å². The molecule has 2 rings (SSSR count). The van der Waals surface area contributed by atoms with E-state index in [9.17, 15) is 45.5 Å². The predicted octanol–water partition coefficient (Wildman–Crippen LogP) is 2.81. The zero-order valence-electron chi connectivity index (χ0n) is 20.0. The van der Waals surface area contributed by atoms with E-state index in [0.29, 0.717) is 6.20 Å². The number of Topliss-reactive ketones (excluding diaryl/α,β-unsaturated/α-hetero) is 1. The summed E-state index contributed by atoms with van der Waals surface area (Å²) in [5, 5.41) is 5.85. The molecule has 208 valence electrons. The van der Waals surface area contributed by atoms with Gasteiger partial charge < -0.3 is 16.0 Å². The van der Waals surface area contributed by atoms with Gasteiger partial charge in [-0.15, -0.1) is 24.5 Å². The summed E-state index contributed by atoms with van der Waals surface area (Å²) >= 11 is 0.0674. The van der Waals surface area contributed by atoms with Crippen LogP contribution in [-0.4, -0.2) is 60.1 Å². The maximum atomic E-state index is 13.1. The third-order valence-electron chi connectivity index (χ3n) is 5.18. The predicted molar refractivity (Wildman–Crippen MR) is 117 cm³/mol. The standard InChI is InChI=1S/C21H26F6N4O5S/c1-19(2,3)7-12(31-17(35)14-8-29-18(37-14)20(22,23)24)16(34)30-11(6-10-4-5-28-15(10)33)13(32)9-36-21(25,26)27/h8,10-12H,4-7,9H2,1-3H3,(H,28,33)(H,30,34)(H,31,35)/t10-,11-,12-/m0/s1. The summed E-state index contributed by atoms with van der Waals surface area (Å²) in [5.41, 5.74) is -0.607. The smallest absolute Gasteiger partial charge is 0.356 e. The lowest BCUT2D eigenvalue weighted by molar-refractivity contribution is -0.321. The Morgan fingerprint density at radius 3 is 2.27 bits per heavy atom. The third kappa shape index (κ3) is 9.91. The number of carbonyl (C=O) groups excluding carboxylic acids is 4. The van der Waals surface area contributed by atoms with Crippen LogP contribution in [0.2, 0.25) is 0 Å². The Balaban J connectivity index is 2.22. The molecule has 0 aromatic carbocycles. The Bertz CT molecular complexity index is 1000. The third-order valence-corrected chi connectivity index (χ3v) is 6.22. The molecule has 0 unspecified atom stereocenters. The molecule has 1 aromatic rings. The first-order chi connectivity index (χ1) is 16.9. The topological polar surface area (TPSA) is 126 Å². The zero-order valence-corrected chi connectivity index (χ0v) is 20.8. The van der Waals surface area contributed by atoms with Crippen LogP contribution < -0.4 is 16.0 Å². The Morgan fingerprint density at radius 1 is 1.14 bits per heavy atom. The molecule has 9 nitrogen and oxygen atoms in total. The molecule has 1 fully saturated rings. The van der Waals surface area contributed by atoms with Gasteiger partial charge in [0.05, 0.1) is 12.2 Å². The second kappa shape index (κ2) is 11.8. The van der Waals surface area contributed by atoms with Crippen molar-refractivity contribution < 1.29 is 50.3 Å². The van der Waals surface area contributed by atoms with Crippen LogP contribution in [0.4, 0.5) is 26.3 Å². The molecule has 37 heavy (non-hydrogen) atoms. The van der Waals surface area contributed by atoms with Crippen LogP contribution in [0.1, 0.15) is 54.7 Å². The number of alkyl halides is 6. The molecular formula is C21H26F6N4O5S. The Hall–Kier alpha value is -2.75. The number of halogens is 6. The van der Waals surface area contributed by atoms with E-state index in [0.717, 1.165) is 0 Å². The van der Waals surface area contributed by atoms with E-state index in [4.69, 9.17) is 0 Å². The maximum absolute atomic E-state index is 13.1. The summed E-state index contributed by atoms with van der Waals surface area (Å²) in [6, 6.07) is -2.93. The number of rotatable bonds is 10. The van der Waals surface area contributed by atoms with Crippen LogP contribution in [0.3, 0.4) is 0 Å². The molecule has 3 amide bonds. The summed E-state index contributed by atoms with van der Waals surface area (Å²) in [7, 11) is 0. The van der Waals surface area contributed by atoms with Gasteiger partial charge in [0.1, 0.15) is 17.5 Å². The highest BCUT2D eigenvalue weighted by molar-refractivity contribution is 7.13. The molecule has 1 aromatic heterocycles. The highest BCUT2D eigenvalue weighted by Gasteiger charge is 2.38. The van der Waals surface area contributed by atoms with E-state index in [1.165, 1.54) is 0 Å². The SMILES string of the molecule is CC(C)(C)C[C@H](NC(=O)c1cnc(C(F)(F)F)s1)C(=O)N[C@@H](C[C@@H]1CCNC1=O)C(=O)COC(F)(F)F. The molecule has 0 aliphatic carbocycles. The maximum Gasteiger partial charge on any atom is 0.522 e. The van der Waals surface area contributed by atoms with Gasteiger partial charge in [-0.05, 0) is 24.7 Å². The highest BCUT2D eigenvalue weighted by atomic mass is 32.1. The number of carbonyl (C=O) groups is 4. The van der Waals surface area contributed by atoms with Gasteiger partial charge in [0, 0.05) is 12.5 Å². The van der Waals surface area contributed by atoms with Crippen molar-refractivity contribution in [3.05, 3.63) is 16.1 Å². The number of nitrogens with one attached hydrogen (secondary N) is 3. The number of thiazole rings is 1. The van der Waals surface area contributed by atoms with Gasteiger partial charge in [-0.25, -0.2) is 4.98 Å². The first-order valence-electron chi connectivity index (χ1n) is 11.0. The van der Waals surface area contributed by atoms with Crippen molar-refractivity contribution in [3.63, 3.8) is 0 Å². The van der Waals surface area contributed by atoms with E-state index in [1.54, 1.807) is 20.8 Å². The van der Waals surface area contributed by atoms with Crippen LogP contribution in [0, 0.1) is 11.3 Å². The van der Waals surface area contributed by atoms with Crippen LogP contribution in [0.25, 0.3) is 0 Å². The lowest BCUT2D eigenvalue weighted by Gasteiger charge is -2.28. The normalized spacial score (nSPS) is 18.2. The van der Waals surface area contributed by atoms with Gasteiger partial charge in [-0.2, -0.15) is 13.2 Å². The number of amides is 3.